The molecule has 0 aromatic rings. The molecular weight excluding hydrogens is 212 g/mol. The number of nitrogens with one attached hydrogen (secondary N) is 2. The van der Waals surface area contributed by atoms with E-state index in [1.54, 1.807) is 0 Å². The molecule has 2 N–H and O–H groups in total. The molecular formula is C14H26N2O. The highest BCUT2D eigenvalue weighted by atomic mass is 16.1. The van der Waals surface area contributed by atoms with Crippen molar-refractivity contribution in [1.82, 2.24) is 10.6 Å². The zero-order chi connectivity index (χ0) is 12.3. The summed E-state index contributed by atoms with van der Waals surface area (Å²) in [4.78, 5) is 12.2. The Hall–Kier alpha value is -0.570. The summed E-state index contributed by atoms with van der Waals surface area (Å²) >= 11 is 0. The van der Waals surface area contributed by atoms with Gasteiger partial charge in [0.25, 0.3) is 0 Å². The molecule has 0 aromatic heterocycles. The van der Waals surface area contributed by atoms with Gasteiger partial charge in [0.05, 0.1) is 0 Å². The van der Waals surface area contributed by atoms with Crippen LogP contribution >= 0.6 is 0 Å². The molecule has 2 unspecified atom stereocenters. The fourth-order valence-corrected chi connectivity index (χ4v) is 3.06. The Bertz CT molecular complexity index is 259. The molecule has 1 saturated heterocycles. The van der Waals surface area contributed by atoms with E-state index in [2.05, 4.69) is 24.5 Å². The van der Waals surface area contributed by atoms with Crippen LogP contribution in [0.3, 0.4) is 0 Å². The molecule has 0 spiro atoms. The van der Waals surface area contributed by atoms with Crippen molar-refractivity contribution in [3.05, 3.63) is 0 Å². The summed E-state index contributed by atoms with van der Waals surface area (Å²) < 4.78 is 0. The molecule has 1 aliphatic carbocycles. The minimum absolute atomic E-state index is 0.278. The number of hydrogen-bond acceptors (Lipinski definition) is 2. The first kappa shape index (κ1) is 12.9. The summed E-state index contributed by atoms with van der Waals surface area (Å²) in [6.07, 6.45) is 6.91. The Kier molecular flexibility index (Phi) is 4.43. The Morgan fingerprint density at radius 1 is 1.12 bits per heavy atom. The topological polar surface area (TPSA) is 41.1 Å². The average molecular weight is 238 g/mol. The number of carbonyl (C=O) groups is 1. The monoisotopic (exact) mass is 238 g/mol. The molecule has 17 heavy (non-hydrogen) atoms. The van der Waals surface area contributed by atoms with Gasteiger partial charge in [-0.15, -0.1) is 0 Å². The maximum atomic E-state index is 12.2. The van der Waals surface area contributed by atoms with Gasteiger partial charge in [-0.3, -0.25) is 4.79 Å². The molecule has 0 bridgehead atoms. The van der Waals surface area contributed by atoms with Crippen LogP contribution in [0.25, 0.3) is 0 Å². The Morgan fingerprint density at radius 2 is 1.82 bits per heavy atom. The summed E-state index contributed by atoms with van der Waals surface area (Å²) in [6, 6.07) is 0.769. The van der Waals surface area contributed by atoms with E-state index in [-0.39, 0.29) is 5.92 Å². The number of amides is 1. The van der Waals surface area contributed by atoms with E-state index < -0.39 is 0 Å². The van der Waals surface area contributed by atoms with Crippen LogP contribution in [0.1, 0.15) is 52.4 Å². The van der Waals surface area contributed by atoms with Crippen LogP contribution in [0.5, 0.6) is 0 Å². The third kappa shape index (κ3) is 3.44. The molecule has 1 amide bonds. The number of carbonyl (C=O) groups excluding carboxylic acids is 1. The SMILES string of the molecule is CC1CCC(C(=O)NC2CCCNC2C)CC1. The van der Waals surface area contributed by atoms with E-state index in [0.29, 0.717) is 18.0 Å². The minimum Gasteiger partial charge on any atom is -0.352 e. The molecule has 1 aliphatic heterocycles. The van der Waals surface area contributed by atoms with Crippen molar-refractivity contribution in [2.75, 3.05) is 6.54 Å². The maximum absolute atomic E-state index is 12.2. The zero-order valence-corrected chi connectivity index (χ0v) is 11.2. The minimum atomic E-state index is 0.278. The van der Waals surface area contributed by atoms with E-state index in [1.165, 1.54) is 19.3 Å². The summed E-state index contributed by atoms with van der Waals surface area (Å²) in [5.74, 6) is 1.40. The predicted octanol–water partition coefficient (Wildman–Crippen LogP) is 2.07. The lowest BCUT2D eigenvalue weighted by atomic mass is 9.82. The van der Waals surface area contributed by atoms with Gasteiger partial charge in [-0.05, 0) is 57.9 Å². The van der Waals surface area contributed by atoms with E-state index in [1.807, 2.05) is 0 Å². The van der Waals surface area contributed by atoms with Gasteiger partial charge in [0.2, 0.25) is 5.91 Å². The van der Waals surface area contributed by atoms with Crippen molar-refractivity contribution >= 4 is 5.91 Å². The van der Waals surface area contributed by atoms with Gasteiger partial charge in [-0.25, -0.2) is 0 Å². The summed E-state index contributed by atoms with van der Waals surface area (Å²) in [5.41, 5.74) is 0. The Balaban J connectivity index is 1.79. The number of piperidine rings is 1. The van der Waals surface area contributed by atoms with Crippen LogP contribution in [0.4, 0.5) is 0 Å². The highest BCUT2D eigenvalue weighted by Crippen LogP contribution is 2.28. The third-order valence-corrected chi connectivity index (χ3v) is 4.48. The molecule has 98 valence electrons. The van der Waals surface area contributed by atoms with Gasteiger partial charge in [-0.2, -0.15) is 0 Å². The van der Waals surface area contributed by atoms with E-state index in [0.717, 1.165) is 31.7 Å². The molecule has 0 aromatic carbocycles. The van der Waals surface area contributed by atoms with E-state index >= 15 is 0 Å². The van der Waals surface area contributed by atoms with Crippen molar-refractivity contribution < 1.29 is 4.79 Å². The first-order valence-corrected chi connectivity index (χ1v) is 7.20. The summed E-state index contributed by atoms with van der Waals surface area (Å²) in [6.45, 7) is 5.56. The van der Waals surface area contributed by atoms with E-state index in [4.69, 9.17) is 0 Å². The van der Waals surface area contributed by atoms with Gasteiger partial charge in [0, 0.05) is 18.0 Å². The standard InChI is InChI=1S/C14H26N2O/c1-10-5-7-12(8-6-10)14(17)16-13-4-3-9-15-11(13)2/h10-13,15H,3-9H2,1-2H3,(H,16,17). The maximum Gasteiger partial charge on any atom is 0.223 e. The highest BCUT2D eigenvalue weighted by molar-refractivity contribution is 5.79. The van der Waals surface area contributed by atoms with Crippen LogP contribution in [0.2, 0.25) is 0 Å². The molecule has 1 heterocycles. The molecule has 3 nitrogen and oxygen atoms in total. The molecule has 2 fully saturated rings. The van der Waals surface area contributed by atoms with Crippen molar-refractivity contribution in [1.29, 1.82) is 0 Å². The first-order valence-electron chi connectivity index (χ1n) is 7.20. The Labute approximate surface area is 105 Å². The van der Waals surface area contributed by atoms with Crippen molar-refractivity contribution in [2.45, 2.75) is 64.5 Å². The van der Waals surface area contributed by atoms with Crippen LogP contribution in [0, 0.1) is 11.8 Å². The second-order valence-corrected chi connectivity index (χ2v) is 5.96. The molecule has 2 atom stereocenters. The fraction of sp³-hybridized carbons (Fsp3) is 0.929. The molecule has 2 aliphatic rings. The van der Waals surface area contributed by atoms with Gasteiger partial charge in [0.1, 0.15) is 0 Å². The van der Waals surface area contributed by atoms with Crippen molar-refractivity contribution in [3.63, 3.8) is 0 Å². The van der Waals surface area contributed by atoms with Crippen molar-refractivity contribution in [2.24, 2.45) is 11.8 Å². The van der Waals surface area contributed by atoms with Crippen LogP contribution in [-0.4, -0.2) is 24.5 Å². The zero-order valence-electron chi connectivity index (χ0n) is 11.2. The molecule has 0 radical (unpaired) electrons. The largest absolute Gasteiger partial charge is 0.352 e. The molecule has 1 saturated carbocycles. The lowest BCUT2D eigenvalue weighted by Crippen LogP contribution is -2.53. The summed E-state index contributed by atoms with van der Waals surface area (Å²) in [7, 11) is 0. The van der Waals surface area contributed by atoms with Gasteiger partial charge >= 0.3 is 0 Å². The molecule has 2 rings (SSSR count). The van der Waals surface area contributed by atoms with Gasteiger partial charge in [0.15, 0.2) is 0 Å². The van der Waals surface area contributed by atoms with Crippen LogP contribution in [-0.2, 0) is 4.79 Å². The molecule has 3 heteroatoms. The lowest BCUT2D eigenvalue weighted by molar-refractivity contribution is -0.127. The van der Waals surface area contributed by atoms with Gasteiger partial charge in [-0.1, -0.05) is 6.92 Å². The fourth-order valence-electron chi connectivity index (χ4n) is 3.06. The predicted molar refractivity (Wildman–Crippen MR) is 69.8 cm³/mol. The number of rotatable bonds is 2. The smallest absolute Gasteiger partial charge is 0.223 e. The number of hydrogen-bond donors (Lipinski definition) is 2. The third-order valence-electron chi connectivity index (χ3n) is 4.48. The lowest BCUT2D eigenvalue weighted by Gasteiger charge is -2.33. The van der Waals surface area contributed by atoms with Crippen molar-refractivity contribution in [3.8, 4) is 0 Å². The van der Waals surface area contributed by atoms with Crippen LogP contribution < -0.4 is 10.6 Å². The second-order valence-electron chi connectivity index (χ2n) is 5.96. The Morgan fingerprint density at radius 3 is 2.47 bits per heavy atom. The quantitative estimate of drug-likeness (QED) is 0.773. The highest BCUT2D eigenvalue weighted by Gasteiger charge is 2.28. The second kappa shape index (κ2) is 5.85. The normalized spacial score (nSPS) is 38.7. The van der Waals surface area contributed by atoms with Crippen LogP contribution in [0.15, 0.2) is 0 Å². The van der Waals surface area contributed by atoms with Gasteiger partial charge < -0.3 is 10.6 Å². The summed E-state index contributed by atoms with van der Waals surface area (Å²) in [5, 5.41) is 6.68. The van der Waals surface area contributed by atoms with E-state index in [9.17, 15) is 4.79 Å². The first-order chi connectivity index (χ1) is 8.16. The average Bonchev–Trinajstić information content (AvgIpc) is 2.33.